The molecule has 0 fully saturated rings. The molecule has 4 aromatic heterocycles. The fourth-order valence-corrected chi connectivity index (χ4v) is 13.5. The van der Waals surface area contributed by atoms with Crippen LogP contribution in [0.3, 0.4) is 0 Å². The minimum Gasteiger partial charge on any atom is -0.309 e. The fourth-order valence-electron chi connectivity index (χ4n) is 11.2. The van der Waals surface area contributed by atoms with Gasteiger partial charge in [-0.25, -0.2) is 0 Å². The van der Waals surface area contributed by atoms with Gasteiger partial charge in [-0.2, -0.15) is 0 Å². The van der Waals surface area contributed by atoms with Crippen molar-refractivity contribution in [3.63, 3.8) is 0 Å². The normalized spacial score (nSPS) is 12.2. The molecular formula is C62H36N2S2. The molecule has 0 spiro atoms. The standard InChI is InChI=1S/C62H36N2S2/c1-3-15-43-41(13-1)39(37-25-27-49-47-19-7-11-23-59(47)65-61(49)33-37)29-31-55(43)63-53-21-9-5-17-45(53)51-36-58-52(35-57(51)63)46-18-6-10-22-54(46)64(58)56-32-30-40(42-14-2-4-16-44(42)56)38-26-28-50-48-20-8-12-24-60(48)66-62(50)34-38/h1-36H. The second kappa shape index (κ2) is 13.7. The third-order valence-electron chi connectivity index (χ3n) is 14.1. The highest BCUT2D eigenvalue weighted by molar-refractivity contribution is 7.26. The first-order valence-electron chi connectivity index (χ1n) is 22.6. The van der Waals surface area contributed by atoms with Crippen molar-refractivity contribution in [3.05, 3.63) is 218 Å². The van der Waals surface area contributed by atoms with Crippen LogP contribution in [0.25, 0.3) is 139 Å². The molecule has 11 aromatic carbocycles. The van der Waals surface area contributed by atoms with Gasteiger partial charge in [-0.05, 0) is 93.7 Å². The minimum absolute atomic E-state index is 1.18. The summed E-state index contributed by atoms with van der Waals surface area (Å²) in [5.74, 6) is 0. The van der Waals surface area contributed by atoms with Gasteiger partial charge >= 0.3 is 0 Å². The number of nitrogens with zero attached hydrogens (tertiary/aromatic N) is 2. The Labute approximate surface area is 387 Å². The highest BCUT2D eigenvalue weighted by Crippen LogP contribution is 2.45. The van der Waals surface area contributed by atoms with Crippen LogP contribution in [0.1, 0.15) is 0 Å². The molecule has 306 valence electrons. The molecule has 0 N–H and O–H groups in total. The summed E-state index contributed by atoms with van der Waals surface area (Å²) in [5.41, 5.74) is 12.2. The van der Waals surface area contributed by atoms with Crippen LogP contribution in [0.5, 0.6) is 0 Å². The van der Waals surface area contributed by atoms with Gasteiger partial charge in [-0.1, -0.05) is 158 Å². The summed E-state index contributed by atoms with van der Waals surface area (Å²) in [6.07, 6.45) is 0. The van der Waals surface area contributed by atoms with Crippen molar-refractivity contribution < 1.29 is 0 Å². The highest BCUT2D eigenvalue weighted by Gasteiger charge is 2.22. The number of hydrogen-bond acceptors (Lipinski definition) is 2. The zero-order valence-electron chi connectivity index (χ0n) is 35.5. The Morgan fingerprint density at radius 1 is 0.227 bits per heavy atom. The number of aromatic nitrogens is 2. The third kappa shape index (κ3) is 5.11. The highest BCUT2D eigenvalue weighted by atomic mass is 32.1. The molecule has 0 aliphatic heterocycles. The Hall–Kier alpha value is -8.02. The van der Waals surface area contributed by atoms with Gasteiger partial charge in [0.25, 0.3) is 0 Å². The third-order valence-corrected chi connectivity index (χ3v) is 16.4. The van der Waals surface area contributed by atoms with E-state index in [1.807, 2.05) is 22.7 Å². The maximum atomic E-state index is 2.51. The van der Waals surface area contributed by atoms with E-state index in [0.717, 1.165) is 0 Å². The van der Waals surface area contributed by atoms with Gasteiger partial charge in [0.1, 0.15) is 0 Å². The first-order valence-corrected chi connectivity index (χ1v) is 24.2. The molecule has 2 nitrogen and oxygen atoms in total. The van der Waals surface area contributed by atoms with Crippen LogP contribution in [-0.2, 0) is 0 Å². The average Bonchev–Trinajstić information content (AvgIpc) is 4.12. The molecule has 4 heteroatoms. The van der Waals surface area contributed by atoms with Crippen molar-refractivity contribution in [3.8, 4) is 33.6 Å². The van der Waals surface area contributed by atoms with E-state index in [9.17, 15) is 0 Å². The predicted octanol–water partition coefficient (Wildman–Crippen LogP) is 18.3. The fraction of sp³-hybridized carbons (Fsp3) is 0. The topological polar surface area (TPSA) is 9.86 Å². The van der Waals surface area contributed by atoms with E-state index in [2.05, 4.69) is 228 Å². The average molecular weight is 873 g/mol. The number of para-hydroxylation sites is 2. The SMILES string of the molecule is c1ccc2c(c1)sc1cc(-c3ccc(-n4c5ccccc5c5cc6c(cc54)c4ccccc4n6-c4ccc(-c5ccc6c(c5)sc5ccccc56)c5ccccc45)c4ccccc34)ccc12. The molecule has 0 atom stereocenters. The summed E-state index contributed by atoms with van der Waals surface area (Å²) in [4.78, 5) is 0. The number of rotatable bonds is 4. The van der Waals surface area contributed by atoms with E-state index < -0.39 is 0 Å². The van der Waals surface area contributed by atoms with Crippen LogP contribution in [0.4, 0.5) is 0 Å². The van der Waals surface area contributed by atoms with Crippen molar-refractivity contribution in [1.29, 1.82) is 0 Å². The molecule has 0 saturated carbocycles. The molecule has 0 aliphatic carbocycles. The van der Waals surface area contributed by atoms with Crippen LogP contribution in [0.2, 0.25) is 0 Å². The molecule has 0 bridgehead atoms. The minimum atomic E-state index is 1.18. The lowest BCUT2D eigenvalue weighted by molar-refractivity contribution is 1.19. The van der Waals surface area contributed by atoms with E-state index >= 15 is 0 Å². The molecule has 4 heterocycles. The summed E-state index contributed by atoms with van der Waals surface area (Å²) in [6.45, 7) is 0. The van der Waals surface area contributed by atoms with Crippen LogP contribution < -0.4 is 0 Å². The van der Waals surface area contributed by atoms with Crippen molar-refractivity contribution in [2.45, 2.75) is 0 Å². The van der Waals surface area contributed by atoms with E-state index in [1.54, 1.807) is 0 Å². The van der Waals surface area contributed by atoms with Gasteiger partial charge in [0.05, 0.1) is 33.4 Å². The summed E-state index contributed by atoms with van der Waals surface area (Å²) >= 11 is 3.75. The molecule has 0 amide bonds. The van der Waals surface area contributed by atoms with E-state index in [0.29, 0.717) is 0 Å². The summed E-state index contributed by atoms with van der Waals surface area (Å²) < 4.78 is 10.3. The Morgan fingerprint density at radius 2 is 0.591 bits per heavy atom. The van der Waals surface area contributed by atoms with Crippen LogP contribution in [-0.4, -0.2) is 9.13 Å². The number of benzene rings is 11. The molecule has 15 aromatic rings. The van der Waals surface area contributed by atoms with Crippen LogP contribution >= 0.6 is 22.7 Å². The molecule has 66 heavy (non-hydrogen) atoms. The summed E-state index contributed by atoms with van der Waals surface area (Å²) in [5, 5.41) is 15.2. The monoisotopic (exact) mass is 872 g/mol. The number of hydrogen-bond donors (Lipinski definition) is 0. The second-order valence-electron chi connectivity index (χ2n) is 17.6. The van der Waals surface area contributed by atoms with Gasteiger partial charge in [0.2, 0.25) is 0 Å². The summed E-state index contributed by atoms with van der Waals surface area (Å²) in [6, 6.07) is 81.5. The Morgan fingerprint density at radius 3 is 1.05 bits per heavy atom. The maximum Gasteiger partial charge on any atom is 0.0549 e. The smallest absolute Gasteiger partial charge is 0.0549 e. The first kappa shape index (κ1) is 36.3. The molecule has 0 saturated heterocycles. The molecule has 0 aliphatic rings. The second-order valence-corrected chi connectivity index (χ2v) is 19.7. The molecule has 15 rings (SSSR count). The zero-order chi connectivity index (χ0) is 43.0. The largest absolute Gasteiger partial charge is 0.309 e. The van der Waals surface area contributed by atoms with Crippen molar-refractivity contribution >= 4 is 128 Å². The van der Waals surface area contributed by atoms with Gasteiger partial charge in [-0.3, -0.25) is 0 Å². The lowest BCUT2D eigenvalue weighted by Gasteiger charge is -2.16. The first-order chi connectivity index (χ1) is 32.7. The van der Waals surface area contributed by atoms with Gasteiger partial charge in [0, 0.05) is 72.7 Å². The lowest BCUT2D eigenvalue weighted by Crippen LogP contribution is -1.97. The van der Waals surface area contributed by atoms with Crippen molar-refractivity contribution in [2.75, 3.05) is 0 Å². The Balaban J connectivity index is 0.940. The van der Waals surface area contributed by atoms with Gasteiger partial charge < -0.3 is 9.13 Å². The lowest BCUT2D eigenvalue weighted by atomic mass is 9.96. The molecule has 0 radical (unpaired) electrons. The van der Waals surface area contributed by atoms with Crippen molar-refractivity contribution in [2.24, 2.45) is 0 Å². The van der Waals surface area contributed by atoms with Gasteiger partial charge in [0.15, 0.2) is 0 Å². The Bertz CT molecular complexity index is 4250. The predicted molar refractivity (Wildman–Crippen MR) is 287 cm³/mol. The zero-order valence-corrected chi connectivity index (χ0v) is 37.1. The maximum absolute atomic E-state index is 2.51. The van der Waals surface area contributed by atoms with E-state index in [4.69, 9.17) is 0 Å². The van der Waals surface area contributed by atoms with E-state index in [-0.39, 0.29) is 0 Å². The van der Waals surface area contributed by atoms with Gasteiger partial charge in [-0.15, -0.1) is 22.7 Å². The molecular weight excluding hydrogens is 837 g/mol. The van der Waals surface area contributed by atoms with E-state index in [1.165, 1.54) is 139 Å². The summed E-state index contributed by atoms with van der Waals surface area (Å²) in [7, 11) is 0. The molecule has 0 unspecified atom stereocenters. The van der Waals surface area contributed by atoms with Crippen molar-refractivity contribution in [1.82, 2.24) is 9.13 Å². The number of thiophene rings is 2. The Kier molecular flexibility index (Phi) is 7.57. The number of fused-ring (bicyclic) bond motifs is 14. The quantitative estimate of drug-likeness (QED) is 0.167. The van der Waals surface area contributed by atoms with Crippen LogP contribution in [0.15, 0.2) is 218 Å². The van der Waals surface area contributed by atoms with Crippen LogP contribution in [0, 0.1) is 0 Å².